The molecule has 1 aromatic carbocycles. The molecule has 0 radical (unpaired) electrons. The van der Waals surface area contributed by atoms with Gasteiger partial charge in [0.15, 0.2) is 6.61 Å². The summed E-state index contributed by atoms with van der Waals surface area (Å²) < 4.78 is 113. The lowest BCUT2D eigenvalue weighted by Crippen LogP contribution is -2.59. The summed E-state index contributed by atoms with van der Waals surface area (Å²) in [7, 11) is 0. The van der Waals surface area contributed by atoms with Gasteiger partial charge in [0.2, 0.25) is 0 Å². The highest BCUT2D eigenvalue weighted by atomic mass is 19.4. The van der Waals surface area contributed by atoms with Gasteiger partial charge in [0.1, 0.15) is 0 Å². The van der Waals surface area contributed by atoms with Gasteiger partial charge in [-0.25, -0.2) is 18.4 Å². The topological polar surface area (TPSA) is 52.6 Å². The Hall–Kier alpha value is -2.40. The summed E-state index contributed by atoms with van der Waals surface area (Å²) in [6.45, 7) is -0.290. The first-order valence-corrected chi connectivity index (χ1v) is 13.6. The summed E-state index contributed by atoms with van der Waals surface area (Å²) in [5.74, 6) is -21.1. The highest BCUT2D eigenvalue weighted by Gasteiger charge is 2.75. The Kier molecular flexibility index (Phi) is 15.5. The van der Waals surface area contributed by atoms with Crippen LogP contribution < -0.4 is 0 Å². The summed E-state index contributed by atoms with van der Waals surface area (Å²) in [5.41, 5.74) is -0.694. The van der Waals surface area contributed by atoms with Crippen molar-refractivity contribution in [3.63, 3.8) is 0 Å². The second-order valence-corrected chi connectivity index (χ2v) is 9.74. The minimum Gasteiger partial charge on any atom is -0.462 e. The van der Waals surface area contributed by atoms with E-state index in [9.17, 15) is 44.7 Å². The molecular weight excluding hydrogens is 552 g/mol. The number of halogens is 8. The zero-order valence-corrected chi connectivity index (χ0v) is 22.7. The van der Waals surface area contributed by atoms with Gasteiger partial charge >= 0.3 is 36.1 Å². The molecule has 4 nitrogen and oxygen atoms in total. The van der Waals surface area contributed by atoms with E-state index < -0.39 is 48.3 Å². The number of carbonyl (C=O) groups excluding carboxylic acids is 2. The van der Waals surface area contributed by atoms with Crippen LogP contribution in [0.3, 0.4) is 0 Å². The Balaban J connectivity index is 2.37. The van der Waals surface area contributed by atoms with Crippen LogP contribution in [0, 0.1) is 0 Å². The molecule has 12 heteroatoms. The van der Waals surface area contributed by atoms with Gasteiger partial charge in [0.05, 0.1) is 17.7 Å². The van der Waals surface area contributed by atoms with E-state index in [-0.39, 0.29) is 12.2 Å². The molecule has 0 atom stereocenters. The van der Waals surface area contributed by atoms with Gasteiger partial charge in [-0.3, -0.25) is 0 Å². The number of ether oxygens (including phenoxy) is 2. The largest absolute Gasteiger partial charge is 0.462 e. The molecule has 1 rings (SSSR count). The summed E-state index contributed by atoms with van der Waals surface area (Å²) in [6, 6.07) is 4.29. The summed E-state index contributed by atoms with van der Waals surface area (Å²) >= 11 is 0. The Labute approximate surface area is 229 Å². The first-order chi connectivity index (χ1) is 18.8. The third kappa shape index (κ3) is 11.2. The van der Waals surface area contributed by atoms with Crippen molar-refractivity contribution < 1.29 is 54.2 Å². The maximum atomic E-state index is 13.6. The van der Waals surface area contributed by atoms with Crippen LogP contribution in [0.1, 0.15) is 111 Å². The van der Waals surface area contributed by atoms with E-state index in [0.717, 1.165) is 43.9 Å². The molecule has 0 N–H and O–H groups in total. The van der Waals surface area contributed by atoms with Crippen molar-refractivity contribution in [2.24, 2.45) is 0 Å². The highest BCUT2D eigenvalue weighted by Crippen LogP contribution is 2.48. The van der Waals surface area contributed by atoms with Gasteiger partial charge < -0.3 is 9.47 Å². The van der Waals surface area contributed by atoms with Crippen LogP contribution in [-0.2, 0) is 9.47 Å². The second-order valence-electron chi connectivity index (χ2n) is 9.74. The highest BCUT2D eigenvalue weighted by molar-refractivity contribution is 5.95. The van der Waals surface area contributed by atoms with Gasteiger partial charge in [-0.15, -0.1) is 0 Å². The van der Waals surface area contributed by atoms with Crippen LogP contribution in [0.4, 0.5) is 35.1 Å². The molecule has 0 heterocycles. The number of alkyl halides is 8. The Morgan fingerprint density at radius 2 is 1.12 bits per heavy atom. The fourth-order valence-electron chi connectivity index (χ4n) is 3.85. The SMILES string of the molecule is CCCCCCCCCCCCCCCOC(=O)c1cccc(C(=O)OCC(F)(F)C(F)(F)C(F)(F)C(F)F)c1. The normalized spacial score (nSPS) is 12.6. The summed E-state index contributed by atoms with van der Waals surface area (Å²) in [4.78, 5) is 24.2. The van der Waals surface area contributed by atoms with E-state index >= 15 is 0 Å². The average Bonchev–Trinajstić information content (AvgIpc) is 2.91. The van der Waals surface area contributed by atoms with E-state index in [2.05, 4.69) is 11.7 Å². The lowest BCUT2D eigenvalue weighted by molar-refractivity contribution is -0.343. The standard InChI is InChI=1S/C28H38F8O4/c1-2-3-4-5-6-7-8-9-10-11-12-13-14-18-39-23(37)21-16-15-17-22(19-21)24(38)40-20-26(31,32)28(35,36)27(33,34)25(29)30/h15-17,19,25H,2-14,18,20H2,1H3. The Bertz CT molecular complexity index is 893. The zero-order valence-electron chi connectivity index (χ0n) is 22.7. The van der Waals surface area contributed by atoms with Crippen molar-refractivity contribution >= 4 is 11.9 Å². The molecule has 40 heavy (non-hydrogen) atoms. The van der Waals surface area contributed by atoms with Crippen LogP contribution in [0.2, 0.25) is 0 Å². The number of benzene rings is 1. The van der Waals surface area contributed by atoms with Crippen LogP contribution in [-0.4, -0.2) is 49.3 Å². The van der Waals surface area contributed by atoms with Gasteiger partial charge in [0.25, 0.3) is 0 Å². The molecule has 0 spiro atoms. The first-order valence-electron chi connectivity index (χ1n) is 13.6. The lowest BCUT2D eigenvalue weighted by atomic mass is 10.0. The molecule has 0 aliphatic rings. The monoisotopic (exact) mass is 590 g/mol. The zero-order chi connectivity index (χ0) is 30.2. The predicted molar refractivity (Wildman–Crippen MR) is 134 cm³/mol. The van der Waals surface area contributed by atoms with Crippen LogP contribution in [0.25, 0.3) is 0 Å². The molecule has 230 valence electrons. The molecule has 0 aliphatic carbocycles. The van der Waals surface area contributed by atoms with Crippen molar-refractivity contribution in [1.29, 1.82) is 0 Å². The molecule has 0 bridgehead atoms. The second kappa shape index (κ2) is 17.4. The first kappa shape index (κ1) is 35.6. The number of rotatable bonds is 21. The van der Waals surface area contributed by atoms with Crippen molar-refractivity contribution in [2.45, 2.75) is 115 Å². The van der Waals surface area contributed by atoms with Crippen molar-refractivity contribution in [1.82, 2.24) is 0 Å². The quantitative estimate of drug-likeness (QED) is 0.0814. The molecular formula is C28H38F8O4. The number of hydrogen-bond acceptors (Lipinski definition) is 4. The van der Waals surface area contributed by atoms with Crippen molar-refractivity contribution in [3.05, 3.63) is 35.4 Å². The van der Waals surface area contributed by atoms with E-state index in [1.807, 2.05) is 0 Å². The molecule has 0 unspecified atom stereocenters. The molecule has 0 aromatic heterocycles. The maximum absolute atomic E-state index is 13.6. The third-order valence-corrected chi connectivity index (χ3v) is 6.35. The fraction of sp³-hybridized carbons (Fsp3) is 0.714. The van der Waals surface area contributed by atoms with Gasteiger partial charge in [-0.1, -0.05) is 90.0 Å². The van der Waals surface area contributed by atoms with E-state index in [0.29, 0.717) is 6.42 Å². The van der Waals surface area contributed by atoms with Crippen LogP contribution in [0.5, 0.6) is 0 Å². The minimum atomic E-state index is -6.49. The van der Waals surface area contributed by atoms with Gasteiger partial charge in [-0.05, 0) is 24.6 Å². The molecule has 0 amide bonds. The molecule has 0 aliphatic heterocycles. The molecule has 0 saturated carbocycles. The van der Waals surface area contributed by atoms with Gasteiger partial charge in [-0.2, -0.15) is 26.3 Å². The number of esters is 2. The van der Waals surface area contributed by atoms with E-state index in [1.54, 1.807) is 0 Å². The number of carbonyl (C=O) groups is 2. The third-order valence-electron chi connectivity index (χ3n) is 6.35. The lowest BCUT2D eigenvalue weighted by Gasteiger charge is -2.31. The number of hydrogen-bond donors (Lipinski definition) is 0. The Morgan fingerprint density at radius 3 is 1.57 bits per heavy atom. The van der Waals surface area contributed by atoms with E-state index in [4.69, 9.17) is 4.74 Å². The Morgan fingerprint density at radius 1 is 0.700 bits per heavy atom. The predicted octanol–water partition coefficient (Wildman–Crippen LogP) is 9.26. The van der Waals surface area contributed by atoms with E-state index in [1.165, 1.54) is 57.4 Å². The average molecular weight is 591 g/mol. The van der Waals surface area contributed by atoms with Crippen LogP contribution >= 0.6 is 0 Å². The minimum absolute atomic E-state index is 0.102. The molecule has 1 aromatic rings. The van der Waals surface area contributed by atoms with Gasteiger partial charge in [0, 0.05) is 0 Å². The van der Waals surface area contributed by atoms with Crippen LogP contribution in [0.15, 0.2) is 24.3 Å². The van der Waals surface area contributed by atoms with Crippen molar-refractivity contribution in [3.8, 4) is 0 Å². The summed E-state index contributed by atoms with van der Waals surface area (Å²) in [6.07, 6.45) is 9.74. The fourth-order valence-corrected chi connectivity index (χ4v) is 3.85. The maximum Gasteiger partial charge on any atom is 0.381 e. The van der Waals surface area contributed by atoms with Crippen molar-refractivity contribution in [2.75, 3.05) is 13.2 Å². The number of unbranched alkanes of at least 4 members (excludes halogenated alkanes) is 12. The molecule has 0 fully saturated rings. The summed E-state index contributed by atoms with van der Waals surface area (Å²) in [5, 5.41) is 0. The molecule has 0 saturated heterocycles. The smallest absolute Gasteiger partial charge is 0.381 e.